The van der Waals surface area contributed by atoms with E-state index in [1.54, 1.807) is 6.21 Å². The van der Waals surface area contributed by atoms with Crippen LogP contribution in [0.2, 0.25) is 0 Å². The van der Waals surface area contributed by atoms with Gasteiger partial charge in [0, 0.05) is 38.6 Å². The summed E-state index contributed by atoms with van der Waals surface area (Å²) in [6, 6.07) is 0.939. The Labute approximate surface area is 129 Å². The van der Waals surface area contributed by atoms with Gasteiger partial charge in [0.1, 0.15) is 0 Å². The molecule has 0 aromatic rings. The van der Waals surface area contributed by atoms with Gasteiger partial charge in [-0.05, 0) is 41.6 Å². The Morgan fingerprint density at radius 3 is 2.65 bits per heavy atom. The number of hydrogen-bond acceptors (Lipinski definition) is 4. The molecule has 5 nitrogen and oxygen atoms in total. The predicted octanol–water partition coefficient (Wildman–Crippen LogP) is 1.34. The number of nitrogens with zero attached hydrogens (tertiary/aromatic N) is 3. The molecule has 1 heterocycles. The minimum Gasteiger partial charge on any atom is -0.404 e. The summed E-state index contributed by atoms with van der Waals surface area (Å²) in [5, 5.41) is 0. The maximum Gasteiger partial charge on any atom is 0.236 e. The third-order valence-electron chi connectivity index (χ3n) is 4.24. The molecule has 0 bridgehead atoms. The summed E-state index contributed by atoms with van der Waals surface area (Å²) in [6.07, 6.45) is 7.74. The normalized spacial score (nSPS) is 30.2. The van der Waals surface area contributed by atoms with E-state index in [0.29, 0.717) is 18.6 Å². The first kappa shape index (κ1) is 15.5. The molecular formula is C14H23BrN4O. The lowest BCUT2D eigenvalue weighted by Gasteiger charge is -2.40. The third kappa shape index (κ3) is 4.06. The molecule has 2 aliphatic rings. The number of hydrogen-bond donors (Lipinski definition) is 1. The summed E-state index contributed by atoms with van der Waals surface area (Å²) in [6.45, 7) is 2.43. The molecule has 0 aromatic carbocycles. The van der Waals surface area contributed by atoms with Gasteiger partial charge in [0.15, 0.2) is 0 Å². The van der Waals surface area contributed by atoms with Gasteiger partial charge in [-0.1, -0.05) is 0 Å². The molecule has 0 spiro atoms. The lowest BCUT2D eigenvalue weighted by molar-refractivity contribution is -0.135. The van der Waals surface area contributed by atoms with Crippen molar-refractivity contribution < 1.29 is 4.79 Å². The molecule has 2 N–H and O–H groups in total. The van der Waals surface area contributed by atoms with E-state index in [1.807, 2.05) is 11.9 Å². The van der Waals surface area contributed by atoms with Crippen molar-refractivity contribution in [1.82, 2.24) is 9.80 Å². The standard InChI is InChI=1S/C14H23BrN4O/c1-18-6-7-19(10-14(18)20)13-4-2-12(3-5-13)17-9-11(15)8-16/h8-9,12-13H,2-7,10,16H2,1H3. The number of rotatable bonds is 3. The van der Waals surface area contributed by atoms with Gasteiger partial charge in [0.25, 0.3) is 0 Å². The van der Waals surface area contributed by atoms with Crippen LogP contribution in [-0.4, -0.2) is 60.7 Å². The Hall–Kier alpha value is -0.880. The molecule has 0 radical (unpaired) electrons. The van der Waals surface area contributed by atoms with Gasteiger partial charge in [-0.2, -0.15) is 0 Å². The summed E-state index contributed by atoms with van der Waals surface area (Å²) < 4.78 is 0.823. The summed E-state index contributed by atoms with van der Waals surface area (Å²) in [4.78, 5) is 20.5. The zero-order chi connectivity index (χ0) is 14.5. The number of piperazine rings is 1. The van der Waals surface area contributed by atoms with Crippen LogP contribution < -0.4 is 5.73 Å². The van der Waals surface area contributed by atoms with Crippen LogP contribution in [0.1, 0.15) is 25.7 Å². The lowest BCUT2D eigenvalue weighted by Crippen LogP contribution is -2.53. The van der Waals surface area contributed by atoms with Gasteiger partial charge < -0.3 is 10.6 Å². The number of nitrogens with two attached hydrogens (primary N) is 1. The third-order valence-corrected chi connectivity index (χ3v) is 4.71. The molecule has 1 amide bonds. The zero-order valence-electron chi connectivity index (χ0n) is 12.0. The van der Waals surface area contributed by atoms with E-state index in [0.717, 1.165) is 43.3 Å². The molecule has 1 aliphatic heterocycles. The smallest absolute Gasteiger partial charge is 0.236 e. The van der Waals surface area contributed by atoms with Gasteiger partial charge in [-0.25, -0.2) is 0 Å². The number of amides is 1. The monoisotopic (exact) mass is 342 g/mol. The van der Waals surface area contributed by atoms with Crippen LogP contribution in [0.5, 0.6) is 0 Å². The van der Waals surface area contributed by atoms with Crippen LogP contribution in [0.15, 0.2) is 15.7 Å². The van der Waals surface area contributed by atoms with Crippen molar-refractivity contribution in [3.05, 3.63) is 10.7 Å². The van der Waals surface area contributed by atoms with E-state index < -0.39 is 0 Å². The fourth-order valence-electron chi connectivity index (χ4n) is 2.88. The van der Waals surface area contributed by atoms with Crippen molar-refractivity contribution in [2.75, 3.05) is 26.7 Å². The fraction of sp³-hybridized carbons (Fsp3) is 0.714. The maximum absolute atomic E-state index is 11.8. The van der Waals surface area contributed by atoms with E-state index >= 15 is 0 Å². The number of aliphatic imine (C=N–C) groups is 1. The second-order valence-corrected chi connectivity index (χ2v) is 6.49. The number of carbonyl (C=O) groups is 1. The molecule has 1 aliphatic carbocycles. The Morgan fingerprint density at radius 1 is 1.35 bits per heavy atom. The second kappa shape index (κ2) is 7.22. The zero-order valence-corrected chi connectivity index (χ0v) is 13.6. The summed E-state index contributed by atoms with van der Waals surface area (Å²) in [5.74, 6) is 0.244. The summed E-state index contributed by atoms with van der Waals surface area (Å²) in [7, 11) is 1.88. The topological polar surface area (TPSA) is 61.9 Å². The minimum absolute atomic E-state index is 0.244. The van der Waals surface area contributed by atoms with Crippen molar-refractivity contribution in [2.24, 2.45) is 10.7 Å². The molecule has 0 atom stereocenters. The molecule has 1 saturated carbocycles. The number of likely N-dealkylation sites (N-methyl/N-ethyl adjacent to an activating group) is 1. The molecule has 1 saturated heterocycles. The van der Waals surface area contributed by atoms with Crippen LogP contribution in [0, 0.1) is 0 Å². The Bertz CT molecular complexity index is 402. The molecular weight excluding hydrogens is 320 g/mol. The molecule has 20 heavy (non-hydrogen) atoms. The minimum atomic E-state index is 0.244. The van der Waals surface area contributed by atoms with Crippen molar-refractivity contribution in [1.29, 1.82) is 0 Å². The van der Waals surface area contributed by atoms with E-state index in [1.165, 1.54) is 6.20 Å². The largest absolute Gasteiger partial charge is 0.404 e. The van der Waals surface area contributed by atoms with E-state index in [-0.39, 0.29) is 5.91 Å². The summed E-state index contributed by atoms with van der Waals surface area (Å²) in [5.41, 5.74) is 5.39. The average Bonchev–Trinajstić information content (AvgIpc) is 2.48. The van der Waals surface area contributed by atoms with E-state index in [2.05, 4.69) is 25.8 Å². The van der Waals surface area contributed by atoms with Crippen molar-refractivity contribution in [3.8, 4) is 0 Å². The molecule has 6 heteroatoms. The molecule has 0 aromatic heterocycles. The highest BCUT2D eigenvalue weighted by Crippen LogP contribution is 2.26. The Balaban J connectivity index is 1.80. The van der Waals surface area contributed by atoms with Crippen molar-refractivity contribution >= 4 is 28.1 Å². The highest BCUT2D eigenvalue weighted by molar-refractivity contribution is 9.12. The van der Waals surface area contributed by atoms with Gasteiger partial charge in [0.2, 0.25) is 5.91 Å². The highest BCUT2D eigenvalue weighted by Gasteiger charge is 2.30. The number of halogens is 1. The van der Waals surface area contributed by atoms with Crippen molar-refractivity contribution in [2.45, 2.75) is 37.8 Å². The first-order chi connectivity index (χ1) is 9.60. The first-order valence-corrected chi connectivity index (χ1v) is 7.98. The average molecular weight is 343 g/mol. The fourth-order valence-corrected chi connectivity index (χ4v) is 3.00. The molecule has 2 rings (SSSR count). The van der Waals surface area contributed by atoms with E-state index in [4.69, 9.17) is 5.73 Å². The van der Waals surface area contributed by atoms with Gasteiger partial charge in [-0.15, -0.1) is 0 Å². The van der Waals surface area contributed by atoms with E-state index in [9.17, 15) is 4.79 Å². The molecule has 0 unspecified atom stereocenters. The lowest BCUT2D eigenvalue weighted by atomic mass is 9.90. The Morgan fingerprint density at radius 2 is 2.05 bits per heavy atom. The first-order valence-electron chi connectivity index (χ1n) is 7.18. The predicted molar refractivity (Wildman–Crippen MR) is 84.9 cm³/mol. The molecule has 112 valence electrons. The number of carbonyl (C=O) groups excluding carboxylic acids is 1. The van der Waals surface area contributed by atoms with Crippen LogP contribution in [0.25, 0.3) is 0 Å². The van der Waals surface area contributed by atoms with Crippen LogP contribution in [-0.2, 0) is 4.79 Å². The quantitative estimate of drug-likeness (QED) is 0.787. The van der Waals surface area contributed by atoms with Gasteiger partial charge in [-0.3, -0.25) is 14.7 Å². The molecule has 2 fully saturated rings. The second-order valence-electron chi connectivity index (χ2n) is 5.58. The highest BCUT2D eigenvalue weighted by atomic mass is 79.9. The Kier molecular flexibility index (Phi) is 5.60. The van der Waals surface area contributed by atoms with Gasteiger partial charge >= 0.3 is 0 Å². The maximum atomic E-state index is 11.8. The van der Waals surface area contributed by atoms with Gasteiger partial charge in [0.05, 0.1) is 17.1 Å². The number of allylic oxidation sites excluding steroid dienone is 1. The SMILES string of the molecule is CN1CCN(C2CCC(N=CC(Br)=CN)CC2)CC1=O. The van der Waals surface area contributed by atoms with Crippen LogP contribution in [0.3, 0.4) is 0 Å². The summed E-state index contributed by atoms with van der Waals surface area (Å²) >= 11 is 3.33. The van der Waals surface area contributed by atoms with Crippen LogP contribution >= 0.6 is 15.9 Å². The van der Waals surface area contributed by atoms with Crippen molar-refractivity contribution in [3.63, 3.8) is 0 Å². The van der Waals surface area contributed by atoms with Crippen LogP contribution in [0.4, 0.5) is 0 Å².